The average molecular weight is 341 g/mol. The second-order valence-electron chi connectivity index (χ2n) is 4.41. The van der Waals surface area contributed by atoms with Gasteiger partial charge in [-0.05, 0) is 18.2 Å². The summed E-state index contributed by atoms with van der Waals surface area (Å²) in [7, 11) is 1.23. The van der Waals surface area contributed by atoms with Gasteiger partial charge in [-0.3, -0.25) is 0 Å². The average Bonchev–Trinajstić information content (AvgIpc) is 2.99. The lowest BCUT2D eigenvalue weighted by Gasteiger charge is -2.10. The molecular weight excluding hydrogens is 331 g/mol. The third-order valence-corrected chi connectivity index (χ3v) is 3.89. The van der Waals surface area contributed by atoms with Gasteiger partial charge in [-0.25, -0.2) is 9.78 Å². The zero-order valence-corrected chi connectivity index (χ0v) is 12.9. The van der Waals surface area contributed by atoms with E-state index in [0.29, 0.717) is 27.8 Å². The van der Waals surface area contributed by atoms with Crippen molar-refractivity contribution in [3.8, 4) is 22.8 Å². The van der Waals surface area contributed by atoms with Crippen LogP contribution in [0.4, 0.5) is 5.69 Å². The van der Waals surface area contributed by atoms with E-state index in [1.807, 2.05) is 0 Å². The molecule has 0 atom stereocenters. The first-order valence-corrected chi connectivity index (χ1v) is 6.91. The molecule has 0 saturated heterocycles. The molecule has 0 radical (unpaired) electrons. The van der Waals surface area contributed by atoms with E-state index in [1.54, 1.807) is 12.1 Å². The SMILES string of the molecule is COC(=O)c1nc(-c2ccc3c(c2Cl)OCO3)cc(N)c1Cl. The van der Waals surface area contributed by atoms with Gasteiger partial charge in [0.2, 0.25) is 6.79 Å². The minimum atomic E-state index is -0.685. The number of nitrogens with zero attached hydrogens (tertiary/aromatic N) is 1. The number of hydrogen-bond acceptors (Lipinski definition) is 6. The van der Waals surface area contributed by atoms with E-state index < -0.39 is 5.97 Å². The first-order valence-electron chi connectivity index (χ1n) is 6.15. The van der Waals surface area contributed by atoms with E-state index in [0.717, 1.165) is 0 Å². The molecule has 0 fully saturated rings. The Hall–Kier alpha value is -2.18. The van der Waals surface area contributed by atoms with E-state index in [2.05, 4.69) is 9.72 Å². The number of ether oxygens (including phenoxy) is 3. The summed E-state index contributed by atoms with van der Waals surface area (Å²) in [5.74, 6) is 0.286. The lowest BCUT2D eigenvalue weighted by molar-refractivity contribution is 0.0594. The third-order valence-electron chi connectivity index (χ3n) is 3.12. The van der Waals surface area contributed by atoms with Gasteiger partial charge in [0.15, 0.2) is 17.2 Å². The van der Waals surface area contributed by atoms with Crippen LogP contribution < -0.4 is 15.2 Å². The van der Waals surface area contributed by atoms with Gasteiger partial charge < -0.3 is 19.9 Å². The summed E-state index contributed by atoms with van der Waals surface area (Å²) in [5.41, 5.74) is 6.88. The molecule has 6 nitrogen and oxygen atoms in total. The van der Waals surface area contributed by atoms with Gasteiger partial charge in [-0.15, -0.1) is 0 Å². The highest BCUT2D eigenvalue weighted by Gasteiger charge is 2.23. The fourth-order valence-electron chi connectivity index (χ4n) is 2.06. The van der Waals surface area contributed by atoms with Crippen molar-refractivity contribution >= 4 is 34.9 Å². The van der Waals surface area contributed by atoms with Crippen LogP contribution in [0.5, 0.6) is 11.5 Å². The monoisotopic (exact) mass is 340 g/mol. The van der Waals surface area contributed by atoms with Gasteiger partial charge in [-0.1, -0.05) is 23.2 Å². The fourth-order valence-corrected chi connectivity index (χ4v) is 2.54. The maximum Gasteiger partial charge on any atom is 0.358 e. The van der Waals surface area contributed by atoms with Gasteiger partial charge >= 0.3 is 5.97 Å². The van der Waals surface area contributed by atoms with Crippen molar-refractivity contribution in [2.45, 2.75) is 0 Å². The van der Waals surface area contributed by atoms with Crippen LogP contribution in [0.2, 0.25) is 10.0 Å². The van der Waals surface area contributed by atoms with Gasteiger partial charge in [-0.2, -0.15) is 0 Å². The second-order valence-corrected chi connectivity index (χ2v) is 5.17. The number of nitrogen functional groups attached to an aromatic ring is 1. The summed E-state index contributed by atoms with van der Waals surface area (Å²) in [6.07, 6.45) is 0. The van der Waals surface area contributed by atoms with Crippen LogP contribution in [0.3, 0.4) is 0 Å². The molecule has 22 heavy (non-hydrogen) atoms. The first kappa shape index (κ1) is 14.7. The van der Waals surface area contributed by atoms with Crippen molar-refractivity contribution in [1.29, 1.82) is 0 Å². The van der Waals surface area contributed by atoms with Crippen LogP contribution in [0, 0.1) is 0 Å². The molecule has 1 aliphatic heterocycles. The zero-order valence-electron chi connectivity index (χ0n) is 11.4. The molecule has 2 N–H and O–H groups in total. The first-order chi connectivity index (χ1) is 10.5. The maximum atomic E-state index is 11.7. The van der Waals surface area contributed by atoms with Crippen molar-refractivity contribution in [3.05, 3.63) is 33.9 Å². The molecule has 1 aliphatic rings. The van der Waals surface area contributed by atoms with Crippen LogP contribution in [-0.4, -0.2) is 24.9 Å². The van der Waals surface area contributed by atoms with Crippen molar-refractivity contribution in [2.75, 3.05) is 19.6 Å². The number of fused-ring (bicyclic) bond motifs is 1. The predicted octanol–water partition coefficient (Wildman–Crippen LogP) is 3.15. The maximum absolute atomic E-state index is 11.7. The van der Waals surface area contributed by atoms with Crippen molar-refractivity contribution in [1.82, 2.24) is 4.98 Å². The Morgan fingerprint density at radius 1 is 1.32 bits per heavy atom. The number of methoxy groups -OCH3 is 1. The second kappa shape index (κ2) is 5.55. The summed E-state index contributed by atoms with van der Waals surface area (Å²) in [6.45, 7) is 0.0993. The molecule has 8 heteroatoms. The molecule has 0 aliphatic carbocycles. The number of rotatable bonds is 2. The molecule has 1 aromatic carbocycles. The smallest absolute Gasteiger partial charge is 0.358 e. The highest BCUT2D eigenvalue weighted by Crippen LogP contribution is 2.44. The van der Waals surface area contributed by atoms with Crippen molar-refractivity contribution in [2.24, 2.45) is 0 Å². The summed E-state index contributed by atoms with van der Waals surface area (Å²) >= 11 is 12.3. The summed E-state index contributed by atoms with van der Waals surface area (Å²) in [6, 6.07) is 4.93. The molecule has 0 saturated carbocycles. The fraction of sp³-hybridized carbons (Fsp3) is 0.143. The Kier molecular flexibility index (Phi) is 3.72. The number of nitrogens with two attached hydrogens (primary N) is 1. The van der Waals surface area contributed by atoms with E-state index in [4.69, 9.17) is 38.4 Å². The lowest BCUT2D eigenvalue weighted by Crippen LogP contribution is -2.08. The topological polar surface area (TPSA) is 83.7 Å². The highest BCUT2D eigenvalue weighted by molar-refractivity contribution is 6.36. The number of carbonyl (C=O) groups excluding carboxylic acids is 1. The van der Waals surface area contributed by atoms with Crippen LogP contribution in [0.15, 0.2) is 18.2 Å². The zero-order chi connectivity index (χ0) is 15.9. The van der Waals surface area contributed by atoms with E-state index in [9.17, 15) is 4.79 Å². The number of carbonyl (C=O) groups is 1. The van der Waals surface area contributed by atoms with Crippen LogP contribution in [0.1, 0.15) is 10.5 Å². The normalized spacial score (nSPS) is 12.3. The quantitative estimate of drug-likeness (QED) is 0.845. The van der Waals surface area contributed by atoms with Crippen LogP contribution in [0.25, 0.3) is 11.3 Å². The van der Waals surface area contributed by atoms with Crippen LogP contribution in [-0.2, 0) is 4.74 Å². The van der Waals surface area contributed by atoms with Crippen molar-refractivity contribution in [3.63, 3.8) is 0 Å². The Morgan fingerprint density at radius 3 is 2.82 bits per heavy atom. The summed E-state index contributed by atoms with van der Waals surface area (Å²) in [4.78, 5) is 15.9. The number of esters is 1. The van der Waals surface area contributed by atoms with Gasteiger partial charge in [0.05, 0.1) is 28.5 Å². The molecule has 114 valence electrons. The molecule has 0 amide bonds. The number of hydrogen-bond donors (Lipinski definition) is 1. The van der Waals surface area contributed by atoms with Gasteiger partial charge in [0, 0.05) is 5.56 Å². The molecule has 0 unspecified atom stereocenters. The van der Waals surface area contributed by atoms with E-state index in [-0.39, 0.29) is 23.2 Å². The minimum Gasteiger partial charge on any atom is -0.464 e. The van der Waals surface area contributed by atoms with Crippen molar-refractivity contribution < 1.29 is 19.0 Å². The van der Waals surface area contributed by atoms with Gasteiger partial charge in [0.1, 0.15) is 0 Å². The molecule has 3 rings (SSSR count). The molecule has 0 bridgehead atoms. The van der Waals surface area contributed by atoms with Gasteiger partial charge in [0.25, 0.3) is 0 Å². The number of pyridine rings is 1. The van der Waals surface area contributed by atoms with Crippen LogP contribution >= 0.6 is 23.2 Å². The molecule has 0 spiro atoms. The Labute approximate surface area is 135 Å². The molecule has 2 aromatic rings. The number of halogens is 2. The minimum absolute atomic E-state index is 0.0347. The molecular formula is C14H10Cl2N2O4. The lowest BCUT2D eigenvalue weighted by atomic mass is 10.1. The number of anilines is 1. The Morgan fingerprint density at radius 2 is 2.09 bits per heavy atom. The Balaban J connectivity index is 2.17. The summed E-state index contributed by atoms with van der Waals surface area (Å²) in [5, 5.41) is 0.354. The van der Waals surface area contributed by atoms with E-state index in [1.165, 1.54) is 13.2 Å². The number of benzene rings is 1. The standard InChI is InChI=1S/C14H10Cl2N2O4/c1-20-14(19)12-11(16)7(17)4-8(18-12)6-2-3-9-13(10(6)15)22-5-21-9/h2-4H,5H2,1H3,(H2,17,18). The third kappa shape index (κ3) is 2.30. The summed E-state index contributed by atoms with van der Waals surface area (Å²) < 4.78 is 15.2. The largest absolute Gasteiger partial charge is 0.464 e. The predicted molar refractivity (Wildman–Crippen MR) is 81.6 cm³/mol. The Bertz CT molecular complexity index is 780. The molecule has 1 aromatic heterocycles. The highest BCUT2D eigenvalue weighted by atomic mass is 35.5. The number of aromatic nitrogens is 1. The van der Waals surface area contributed by atoms with E-state index >= 15 is 0 Å². The molecule has 2 heterocycles.